The largest absolute Gasteiger partial charge is 0.478 e. The van der Waals surface area contributed by atoms with Crippen LogP contribution in [0.1, 0.15) is 42.2 Å². The summed E-state index contributed by atoms with van der Waals surface area (Å²) in [6.45, 7) is 3.76. The third-order valence-corrected chi connectivity index (χ3v) is 3.77. The summed E-state index contributed by atoms with van der Waals surface area (Å²) in [5, 5.41) is 14.1. The number of amides is 2. The molecule has 7 heteroatoms. The third-order valence-electron chi connectivity index (χ3n) is 3.77. The van der Waals surface area contributed by atoms with Gasteiger partial charge in [0.25, 0.3) is 5.91 Å². The maximum absolute atomic E-state index is 14.0. The molecule has 2 rings (SSSR count). The fourth-order valence-corrected chi connectivity index (χ4v) is 2.50. The molecule has 0 saturated carbocycles. The number of carbonyl (C=O) groups excluding carboxylic acids is 2. The van der Waals surface area contributed by atoms with Gasteiger partial charge in [0, 0.05) is 6.42 Å². The van der Waals surface area contributed by atoms with E-state index in [0.29, 0.717) is 5.56 Å². The number of halogens is 1. The summed E-state index contributed by atoms with van der Waals surface area (Å²) in [4.78, 5) is 36.0. The first-order valence-corrected chi connectivity index (χ1v) is 8.46. The molecule has 1 atom stereocenters. The second-order valence-electron chi connectivity index (χ2n) is 6.50. The van der Waals surface area contributed by atoms with Crippen LogP contribution >= 0.6 is 0 Å². The average Bonchev–Trinajstić information content (AvgIpc) is 2.61. The van der Waals surface area contributed by atoms with Crippen molar-refractivity contribution in [1.82, 2.24) is 5.32 Å². The van der Waals surface area contributed by atoms with E-state index in [9.17, 15) is 18.8 Å². The molecule has 27 heavy (non-hydrogen) atoms. The van der Waals surface area contributed by atoms with Gasteiger partial charge >= 0.3 is 5.97 Å². The molecule has 0 aromatic heterocycles. The van der Waals surface area contributed by atoms with Gasteiger partial charge in [0.05, 0.1) is 11.3 Å². The van der Waals surface area contributed by atoms with Gasteiger partial charge in [-0.1, -0.05) is 44.2 Å². The van der Waals surface area contributed by atoms with Gasteiger partial charge in [0.1, 0.15) is 11.9 Å². The van der Waals surface area contributed by atoms with Crippen molar-refractivity contribution in [2.45, 2.75) is 26.3 Å². The number of aromatic carboxylic acids is 1. The molecule has 142 valence electrons. The Balaban J connectivity index is 2.27. The Labute approximate surface area is 156 Å². The average molecular weight is 372 g/mol. The van der Waals surface area contributed by atoms with E-state index in [1.54, 1.807) is 30.3 Å². The van der Waals surface area contributed by atoms with Gasteiger partial charge in [0.2, 0.25) is 5.91 Å². The molecule has 6 nitrogen and oxygen atoms in total. The Hall–Kier alpha value is -3.22. The monoisotopic (exact) mass is 372 g/mol. The summed E-state index contributed by atoms with van der Waals surface area (Å²) in [5.41, 5.74) is 0.104. The molecule has 0 saturated heterocycles. The Morgan fingerprint density at radius 2 is 1.74 bits per heavy atom. The lowest BCUT2D eigenvalue weighted by atomic mass is 10.0. The third kappa shape index (κ3) is 5.64. The fraction of sp³-hybridized carbons (Fsp3) is 0.250. The van der Waals surface area contributed by atoms with Crippen LogP contribution in [0.25, 0.3) is 0 Å². The normalized spacial score (nSPS) is 11.7. The molecular formula is C20H21FN2O4. The van der Waals surface area contributed by atoms with E-state index in [0.717, 1.165) is 18.2 Å². The summed E-state index contributed by atoms with van der Waals surface area (Å²) in [6.07, 6.45) is 0.236. The molecular weight excluding hydrogens is 351 g/mol. The number of anilines is 1. The number of carboxylic acid groups (broad SMARTS) is 1. The molecule has 1 unspecified atom stereocenters. The van der Waals surface area contributed by atoms with Crippen LogP contribution in [0.5, 0.6) is 0 Å². The first-order valence-electron chi connectivity index (χ1n) is 8.46. The SMILES string of the molecule is CC(C)CC(=O)NC(C(=O)Nc1cc(C(=O)O)ccc1F)c1ccccc1. The van der Waals surface area contributed by atoms with Crippen LogP contribution in [0.15, 0.2) is 48.5 Å². The summed E-state index contributed by atoms with van der Waals surface area (Å²) < 4.78 is 14.0. The molecule has 0 spiro atoms. The first kappa shape index (κ1) is 20.1. The molecule has 2 aromatic carbocycles. The van der Waals surface area contributed by atoms with Crippen molar-refractivity contribution in [3.8, 4) is 0 Å². The topological polar surface area (TPSA) is 95.5 Å². The predicted octanol–water partition coefficient (Wildman–Crippen LogP) is 3.37. The Morgan fingerprint density at radius 1 is 1.07 bits per heavy atom. The second-order valence-corrected chi connectivity index (χ2v) is 6.50. The van der Waals surface area contributed by atoms with E-state index in [-0.39, 0.29) is 29.5 Å². The number of hydrogen-bond acceptors (Lipinski definition) is 3. The Bertz CT molecular complexity index is 837. The number of carboxylic acids is 1. The maximum Gasteiger partial charge on any atom is 0.335 e. The second kappa shape index (κ2) is 8.93. The van der Waals surface area contributed by atoms with Crippen LogP contribution in [0, 0.1) is 11.7 Å². The zero-order chi connectivity index (χ0) is 20.0. The van der Waals surface area contributed by atoms with Gasteiger partial charge in [-0.15, -0.1) is 0 Å². The summed E-state index contributed by atoms with van der Waals surface area (Å²) in [6, 6.07) is 10.6. The van der Waals surface area contributed by atoms with Gasteiger partial charge in [-0.2, -0.15) is 0 Å². The van der Waals surface area contributed by atoms with Gasteiger partial charge < -0.3 is 15.7 Å². The van der Waals surface area contributed by atoms with Crippen LogP contribution in [-0.4, -0.2) is 22.9 Å². The lowest BCUT2D eigenvalue weighted by Gasteiger charge is -2.20. The van der Waals surface area contributed by atoms with E-state index in [4.69, 9.17) is 5.11 Å². The maximum atomic E-state index is 14.0. The van der Waals surface area contributed by atoms with Crippen molar-refractivity contribution in [2.24, 2.45) is 5.92 Å². The van der Waals surface area contributed by atoms with Crippen LogP contribution in [0.3, 0.4) is 0 Å². The zero-order valence-electron chi connectivity index (χ0n) is 15.0. The number of hydrogen-bond donors (Lipinski definition) is 3. The number of benzene rings is 2. The van der Waals surface area contributed by atoms with E-state index < -0.39 is 23.7 Å². The molecule has 0 aliphatic carbocycles. The quantitative estimate of drug-likeness (QED) is 0.694. The molecule has 2 aromatic rings. The zero-order valence-corrected chi connectivity index (χ0v) is 15.0. The lowest BCUT2D eigenvalue weighted by molar-refractivity contribution is -0.127. The highest BCUT2D eigenvalue weighted by atomic mass is 19.1. The number of rotatable bonds is 7. The standard InChI is InChI=1S/C20H21FN2O4/c1-12(2)10-17(24)23-18(13-6-4-3-5-7-13)19(25)22-16-11-14(20(26)27)8-9-15(16)21/h3-9,11-12,18H,10H2,1-2H3,(H,22,25)(H,23,24)(H,26,27). The molecule has 2 amide bonds. The van der Waals surface area contributed by atoms with Crippen molar-refractivity contribution < 1.29 is 23.9 Å². The van der Waals surface area contributed by atoms with E-state index in [1.165, 1.54) is 0 Å². The minimum absolute atomic E-state index is 0.106. The first-order chi connectivity index (χ1) is 12.8. The smallest absolute Gasteiger partial charge is 0.335 e. The van der Waals surface area contributed by atoms with E-state index >= 15 is 0 Å². The van der Waals surface area contributed by atoms with Gasteiger partial charge in [-0.05, 0) is 29.7 Å². The van der Waals surface area contributed by atoms with E-state index in [2.05, 4.69) is 10.6 Å². The Kier molecular flexibility index (Phi) is 6.65. The Morgan fingerprint density at radius 3 is 2.33 bits per heavy atom. The van der Waals surface area contributed by atoms with Crippen molar-refractivity contribution in [3.63, 3.8) is 0 Å². The molecule has 0 radical (unpaired) electrons. The van der Waals surface area contributed by atoms with Gasteiger partial charge in [-0.3, -0.25) is 9.59 Å². The summed E-state index contributed by atoms with van der Waals surface area (Å²) in [7, 11) is 0. The van der Waals surface area contributed by atoms with Crippen LogP contribution < -0.4 is 10.6 Å². The van der Waals surface area contributed by atoms with Crippen molar-refractivity contribution in [3.05, 3.63) is 65.5 Å². The number of nitrogens with one attached hydrogen (secondary N) is 2. The highest BCUT2D eigenvalue weighted by molar-refractivity contribution is 5.99. The molecule has 0 heterocycles. The van der Waals surface area contributed by atoms with Crippen molar-refractivity contribution in [2.75, 3.05) is 5.32 Å². The van der Waals surface area contributed by atoms with Crippen LogP contribution in [0.2, 0.25) is 0 Å². The minimum Gasteiger partial charge on any atom is -0.478 e. The summed E-state index contributed by atoms with van der Waals surface area (Å²) >= 11 is 0. The molecule has 0 aliphatic rings. The van der Waals surface area contributed by atoms with Gasteiger partial charge in [0.15, 0.2) is 0 Å². The summed E-state index contributed by atoms with van der Waals surface area (Å²) in [5.74, 6) is -2.88. The molecule has 0 bridgehead atoms. The van der Waals surface area contributed by atoms with Gasteiger partial charge in [-0.25, -0.2) is 9.18 Å². The highest BCUT2D eigenvalue weighted by Gasteiger charge is 2.24. The van der Waals surface area contributed by atoms with Crippen molar-refractivity contribution >= 4 is 23.5 Å². The van der Waals surface area contributed by atoms with Crippen LogP contribution in [-0.2, 0) is 9.59 Å². The fourth-order valence-electron chi connectivity index (χ4n) is 2.50. The minimum atomic E-state index is -1.24. The predicted molar refractivity (Wildman–Crippen MR) is 98.8 cm³/mol. The van der Waals surface area contributed by atoms with Crippen LogP contribution in [0.4, 0.5) is 10.1 Å². The van der Waals surface area contributed by atoms with E-state index in [1.807, 2.05) is 13.8 Å². The molecule has 0 aliphatic heterocycles. The van der Waals surface area contributed by atoms with Crippen molar-refractivity contribution in [1.29, 1.82) is 0 Å². The number of carbonyl (C=O) groups is 3. The molecule has 3 N–H and O–H groups in total. The highest BCUT2D eigenvalue weighted by Crippen LogP contribution is 2.20. The lowest BCUT2D eigenvalue weighted by Crippen LogP contribution is -2.37. The molecule has 0 fully saturated rings.